The van der Waals surface area contributed by atoms with Gasteiger partial charge in [0.15, 0.2) is 0 Å². The predicted molar refractivity (Wildman–Crippen MR) is 74.9 cm³/mol. The Kier molecular flexibility index (Phi) is 4.75. The normalized spacial score (nSPS) is 20.7. The summed E-state index contributed by atoms with van der Waals surface area (Å²) in [5.41, 5.74) is 0. The number of nitrogens with one attached hydrogen (secondary N) is 3. The summed E-state index contributed by atoms with van der Waals surface area (Å²) in [5.74, 6) is 1.57. The molecule has 5 heteroatoms. The van der Waals surface area contributed by atoms with Gasteiger partial charge in [0.1, 0.15) is 5.82 Å². The molecule has 5 nitrogen and oxygen atoms in total. The summed E-state index contributed by atoms with van der Waals surface area (Å²) in [4.78, 5) is 8.71. The van der Waals surface area contributed by atoms with E-state index in [4.69, 9.17) is 0 Å². The monoisotopic (exact) mass is 249 g/mol. The summed E-state index contributed by atoms with van der Waals surface area (Å²) in [5, 5.41) is 10.1. The van der Waals surface area contributed by atoms with Gasteiger partial charge in [-0.2, -0.15) is 4.98 Å². The van der Waals surface area contributed by atoms with Crippen LogP contribution >= 0.6 is 0 Å². The zero-order valence-corrected chi connectivity index (χ0v) is 11.2. The van der Waals surface area contributed by atoms with Gasteiger partial charge in [-0.05, 0) is 31.9 Å². The predicted octanol–water partition coefficient (Wildman–Crippen LogP) is 1.85. The first-order chi connectivity index (χ1) is 8.83. The molecule has 100 valence electrons. The fraction of sp³-hybridized carbons (Fsp3) is 0.692. The number of hydrogen-bond donors (Lipinski definition) is 3. The Bertz CT molecular complexity index is 362. The summed E-state index contributed by atoms with van der Waals surface area (Å²) in [7, 11) is 1.87. The molecule has 0 aromatic carbocycles. The Morgan fingerprint density at radius 2 is 2.44 bits per heavy atom. The molecule has 1 aliphatic heterocycles. The van der Waals surface area contributed by atoms with Crippen LogP contribution in [-0.4, -0.2) is 35.6 Å². The van der Waals surface area contributed by atoms with Gasteiger partial charge in [0, 0.05) is 25.3 Å². The molecule has 1 aliphatic rings. The highest BCUT2D eigenvalue weighted by Crippen LogP contribution is 2.17. The lowest BCUT2D eigenvalue weighted by Crippen LogP contribution is -2.40. The van der Waals surface area contributed by atoms with E-state index in [1.165, 1.54) is 19.3 Å². The molecule has 0 aliphatic carbocycles. The Labute approximate surface area is 109 Å². The van der Waals surface area contributed by atoms with Crippen LogP contribution in [-0.2, 0) is 0 Å². The summed E-state index contributed by atoms with van der Waals surface area (Å²) in [6, 6.07) is 2.84. The second-order valence-corrected chi connectivity index (χ2v) is 4.76. The van der Waals surface area contributed by atoms with Crippen molar-refractivity contribution in [1.82, 2.24) is 15.3 Å². The number of anilines is 2. The molecule has 0 spiro atoms. The largest absolute Gasteiger partial charge is 0.373 e. The van der Waals surface area contributed by atoms with Crippen LogP contribution in [0.2, 0.25) is 0 Å². The molecule has 0 amide bonds. The molecule has 0 bridgehead atoms. The third-order valence-electron chi connectivity index (χ3n) is 3.41. The average Bonchev–Trinajstić information content (AvgIpc) is 2.92. The van der Waals surface area contributed by atoms with Crippen LogP contribution in [0.25, 0.3) is 0 Å². The van der Waals surface area contributed by atoms with E-state index in [1.54, 1.807) is 6.20 Å². The maximum absolute atomic E-state index is 4.42. The highest BCUT2D eigenvalue weighted by Gasteiger charge is 2.24. The van der Waals surface area contributed by atoms with Crippen LogP contribution in [0.3, 0.4) is 0 Å². The average molecular weight is 249 g/mol. The van der Waals surface area contributed by atoms with Crippen LogP contribution in [0.5, 0.6) is 0 Å². The van der Waals surface area contributed by atoms with Crippen molar-refractivity contribution >= 4 is 11.8 Å². The molecule has 1 aromatic heterocycles. The smallest absolute Gasteiger partial charge is 0.224 e. The van der Waals surface area contributed by atoms with Crippen molar-refractivity contribution in [2.24, 2.45) is 0 Å². The van der Waals surface area contributed by atoms with Crippen LogP contribution < -0.4 is 16.0 Å². The minimum atomic E-state index is 0.421. The third-order valence-corrected chi connectivity index (χ3v) is 3.41. The molecule has 1 saturated heterocycles. The first-order valence-electron chi connectivity index (χ1n) is 6.84. The molecule has 0 saturated carbocycles. The van der Waals surface area contributed by atoms with E-state index in [0.717, 1.165) is 18.8 Å². The van der Waals surface area contributed by atoms with Gasteiger partial charge in [0.05, 0.1) is 0 Å². The van der Waals surface area contributed by atoms with Crippen molar-refractivity contribution in [1.29, 1.82) is 0 Å². The lowest BCUT2D eigenvalue weighted by atomic mass is 10.0. The first kappa shape index (κ1) is 13.1. The number of aromatic nitrogens is 2. The topological polar surface area (TPSA) is 61.9 Å². The lowest BCUT2D eigenvalue weighted by molar-refractivity contribution is 0.478. The zero-order chi connectivity index (χ0) is 12.8. The summed E-state index contributed by atoms with van der Waals surface area (Å²) in [6.45, 7) is 3.35. The lowest BCUT2D eigenvalue weighted by Gasteiger charge is -2.24. The van der Waals surface area contributed by atoms with Crippen LogP contribution in [0.1, 0.15) is 32.6 Å². The van der Waals surface area contributed by atoms with Gasteiger partial charge in [-0.1, -0.05) is 13.3 Å². The Hall–Kier alpha value is -1.36. The molecule has 2 rings (SSSR count). The number of nitrogens with zero attached hydrogens (tertiary/aromatic N) is 2. The van der Waals surface area contributed by atoms with Crippen molar-refractivity contribution in [2.45, 2.75) is 44.7 Å². The van der Waals surface area contributed by atoms with Gasteiger partial charge < -0.3 is 16.0 Å². The Morgan fingerprint density at radius 3 is 3.11 bits per heavy atom. The fourth-order valence-electron chi connectivity index (χ4n) is 2.47. The summed E-state index contributed by atoms with van der Waals surface area (Å²) in [6.07, 6.45) is 6.60. The van der Waals surface area contributed by atoms with Crippen LogP contribution in [0.4, 0.5) is 11.8 Å². The quantitative estimate of drug-likeness (QED) is 0.718. The van der Waals surface area contributed by atoms with Crippen molar-refractivity contribution in [3.05, 3.63) is 12.3 Å². The minimum absolute atomic E-state index is 0.421. The van der Waals surface area contributed by atoms with Gasteiger partial charge >= 0.3 is 0 Å². The molecule has 18 heavy (non-hydrogen) atoms. The van der Waals surface area contributed by atoms with Gasteiger partial charge in [0.2, 0.25) is 5.95 Å². The second kappa shape index (κ2) is 6.54. The zero-order valence-electron chi connectivity index (χ0n) is 11.2. The van der Waals surface area contributed by atoms with Crippen molar-refractivity contribution in [3.63, 3.8) is 0 Å². The molecule has 2 heterocycles. The number of hydrogen-bond acceptors (Lipinski definition) is 5. The molecule has 2 atom stereocenters. The van der Waals surface area contributed by atoms with E-state index in [2.05, 4.69) is 32.8 Å². The van der Waals surface area contributed by atoms with Gasteiger partial charge in [-0.25, -0.2) is 4.98 Å². The van der Waals surface area contributed by atoms with E-state index in [-0.39, 0.29) is 0 Å². The van der Waals surface area contributed by atoms with E-state index in [1.807, 2.05) is 13.1 Å². The molecular formula is C13H23N5. The highest BCUT2D eigenvalue weighted by atomic mass is 15.2. The Morgan fingerprint density at radius 1 is 1.56 bits per heavy atom. The maximum atomic E-state index is 4.42. The van der Waals surface area contributed by atoms with E-state index in [9.17, 15) is 0 Å². The number of rotatable bonds is 6. The second-order valence-electron chi connectivity index (χ2n) is 4.76. The van der Waals surface area contributed by atoms with Crippen molar-refractivity contribution in [2.75, 3.05) is 24.2 Å². The van der Waals surface area contributed by atoms with E-state index < -0.39 is 0 Å². The summed E-state index contributed by atoms with van der Waals surface area (Å²) < 4.78 is 0. The van der Waals surface area contributed by atoms with Gasteiger partial charge in [-0.15, -0.1) is 0 Å². The highest BCUT2D eigenvalue weighted by molar-refractivity contribution is 5.39. The molecule has 0 radical (unpaired) electrons. The fourth-order valence-corrected chi connectivity index (χ4v) is 2.47. The standard InChI is InChI=1S/C13H23N5/c1-3-5-11(10-6-4-8-15-10)17-13-16-9-7-12(14-2)18-13/h7,9-11,15H,3-6,8H2,1-2H3,(H2,14,16,17,18). The van der Waals surface area contributed by atoms with Crippen molar-refractivity contribution in [3.8, 4) is 0 Å². The summed E-state index contributed by atoms with van der Waals surface area (Å²) >= 11 is 0. The molecule has 3 N–H and O–H groups in total. The molecular weight excluding hydrogens is 226 g/mol. The molecule has 2 unspecified atom stereocenters. The van der Waals surface area contributed by atoms with E-state index in [0.29, 0.717) is 18.0 Å². The van der Waals surface area contributed by atoms with Crippen molar-refractivity contribution < 1.29 is 0 Å². The first-order valence-corrected chi connectivity index (χ1v) is 6.84. The Balaban J connectivity index is 2.02. The maximum Gasteiger partial charge on any atom is 0.224 e. The SMILES string of the molecule is CCCC(Nc1nccc(NC)n1)C1CCCN1. The van der Waals surface area contributed by atoms with E-state index >= 15 is 0 Å². The third kappa shape index (κ3) is 3.32. The van der Waals surface area contributed by atoms with Crippen LogP contribution in [0.15, 0.2) is 12.3 Å². The van der Waals surface area contributed by atoms with Gasteiger partial charge in [-0.3, -0.25) is 0 Å². The molecule has 1 aromatic rings. The van der Waals surface area contributed by atoms with Gasteiger partial charge in [0.25, 0.3) is 0 Å². The minimum Gasteiger partial charge on any atom is -0.373 e. The molecule has 1 fully saturated rings. The van der Waals surface area contributed by atoms with Crippen LogP contribution in [0, 0.1) is 0 Å².